The Morgan fingerprint density at radius 2 is 2.45 bits per heavy atom. The predicted molar refractivity (Wildman–Crippen MR) is 49.1 cm³/mol. The Morgan fingerprint density at radius 1 is 1.73 bits per heavy atom. The molecule has 1 atom stereocenters. The van der Waals surface area contributed by atoms with Crippen LogP contribution in [-0.2, 0) is 9.84 Å². The maximum atomic E-state index is 11.3. The van der Waals surface area contributed by atoms with Gasteiger partial charge < -0.3 is 0 Å². The Balaban J connectivity index is 2.65. The molecule has 0 aromatic carbocycles. The zero-order chi connectivity index (χ0) is 8.32. The van der Waals surface area contributed by atoms with Crippen molar-refractivity contribution >= 4 is 21.6 Å². The molecule has 0 saturated heterocycles. The van der Waals surface area contributed by atoms with Crippen molar-refractivity contribution in [3.05, 3.63) is 24.1 Å². The number of hydrogen-bond donors (Lipinski definition) is 0. The van der Waals surface area contributed by atoms with E-state index in [2.05, 4.69) is 6.58 Å². The van der Waals surface area contributed by atoms with Crippen molar-refractivity contribution in [3.63, 3.8) is 0 Å². The third-order valence-electron chi connectivity index (χ3n) is 1.41. The minimum atomic E-state index is -2.93. The van der Waals surface area contributed by atoms with E-state index in [-0.39, 0.29) is 10.3 Å². The van der Waals surface area contributed by atoms with E-state index in [1.165, 1.54) is 17.8 Å². The third-order valence-corrected chi connectivity index (χ3v) is 5.16. The van der Waals surface area contributed by atoms with Crippen LogP contribution in [0.15, 0.2) is 24.1 Å². The van der Waals surface area contributed by atoms with E-state index in [0.29, 0.717) is 6.42 Å². The third kappa shape index (κ3) is 2.10. The van der Waals surface area contributed by atoms with Gasteiger partial charge in [-0.25, -0.2) is 8.42 Å². The fourth-order valence-corrected chi connectivity index (χ4v) is 3.54. The van der Waals surface area contributed by atoms with E-state index in [4.69, 9.17) is 0 Å². The molecule has 11 heavy (non-hydrogen) atoms. The molecule has 0 bridgehead atoms. The number of allylic oxidation sites excluding steroid dienone is 1. The Morgan fingerprint density at radius 3 is 2.91 bits per heavy atom. The summed E-state index contributed by atoms with van der Waals surface area (Å²) in [4.78, 5) is 0. The van der Waals surface area contributed by atoms with Gasteiger partial charge in [-0.05, 0) is 11.8 Å². The van der Waals surface area contributed by atoms with Crippen LogP contribution >= 0.6 is 11.8 Å². The van der Waals surface area contributed by atoms with Crippen molar-refractivity contribution in [2.75, 3.05) is 5.75 Å². The number of thioether (sulfide) groups is 1. The topological polar surface area (TPSA) is 34.1 Å². The van der Waals surface area contributed by atoms with Gasteiger partial charge in [-0.15, -0.1) is 18.3 Å². The van der Waals surface area contributed by atoms with Crippen molar-refractivity contribution in [1.82, 2.24) is 0 Å². The fraction of sp³-hybridized carbons (Fsp3) is 0.429. The molecule has 1 aliphatic heterocycles. The average Bonchev–Trinajstić information content (AvgIpc) is 2.37. The van der Waals surface area contributed by atoms with E-state index >= 15 is 0 Å². The van der Waals surface area contributed by atoms with E-state index < -0.39 is 9.84 Å². The smallest absolute Gasteiger partial charge is 0.166 e. The highest BCUT2D eigenvalue weighted by Gasteiger charge is 2.24. The number of rotatable bonds is 3. The summed E-state index contributed by atoms with van der Waals surface area (Å²) in [5, 5.41) is 1.84. The minimum absolute atomic E-state index is 0.0896. The highest BCUT2D eigenvalue weighted by molar-refractivity contribution is 8.15. The fourth-order valence-electron chi connectivity index (χ4n) is 0.868. The van der Waals surface area contributed by atoms with Gasteiger partial charge in [0.2, 0.25) is 0 Å². The lowest BCUT2D eigenvalue weighted by Gasteiger charge is -2.06. The van der Waals surface area contributed by atoms with Gasteiger partial charge in [0.15, 0.2) is 9.84 Å². The van der Waals surface area contributed by atoms with Crippen LogP contribution in [0, 0.1) is 0 Å². The van der Waals surface area contributed by atoms with Gasteiger partial charge in [-0.1, -0.05) is 12.2 Å². The first-order valence-electron chi connectivity index (χ1n) is 3.30. The summed E-state index contributed by atoms with van der Waals surface area (Å²) in [5.41, 5.74) is 0. The highest BCUT2D eigenvalue weighted by atomic mass is 32.3. The van der Waals surface area contributed by atoms with Crippen LogP contribution in [0.2, 0.25) is 0 Å². The molecule has 4 heteroatoms. The monoisotopic (exact) mass is 190 g/mol. The summed E-state index contributed by atoms with van der Waals surface area (Å²) in [7, 11) is -2.93. The molecule has 1 rings (SSSR count). The molecule has 0 radical (unpaired) electrons. The molecule has 0 aromatic heterocycles. The molecule has 2 nitrogen and oxygen atoms in total. The summed E-state index contributed by atoms with van der Waals surface area (Å²) >= 11 is 1.37. The summed E-state index contributed by atoms with van der Waals surface area (Å²) in [6.45, 7) is 3.41. The SMILES string of the molecule is C=CCS(=O)(=O)C1CC=CS1. The van der Waals surface area contributed by atoms with Gasteiger partial charge >= 0.3 is 0 Å². The molecule has 62 valence electrons. The molecule has 0 fully saturated rings. The maximum Gasteiger partial charge on any atom is 0.166 e. The van der Waals surface area contributed by atoms with Gasteiger partial charge in [0.25, 0.3) is 0 Å². The van der Waals surface area contributed by atoms with Crippen molar-refractivity contribution in [3.8, 4) is 0 Å². The van der Waals surface area contributed by atoms with Crippen LogP contribution in [-0.4, -0.2) is 18.8 Å². The Kier molecular flexibility index (Phi) is 2.78. The molecule has 1 aliphatic rings. The Labute approximate surface area is 71.3 Å². The number of hydrogen-bond acceptors (Lipinski definition) is 3. The van der Waals surface area contributed by atoms with Gasteiger partial charge in [-0.3, -0.25) is 0 Å². The van der Waals surface area contributed by atoms with Crippen molar-refractivity contribution in [1.29, 1.82) is 0 Å². The molecule has 1 unspecified atom stereocenters. The summed E-state index contributed by atoms with van der Waals surface area (Å²) in [5.74, 6) is 0.0896. The van der Waals surface area contributed by atoms with Crippen molar-refractivity contribution in [2.45, 2.75) is 11.0 Å². The Hall–Kier alpha value is -0.220. The second kappa shape index (κ2) is 3.45. The standard InChI is InChI=1S/C7H10O2S2/c1-2-6-11(8,9)7-4-3-5-10-7/h2-3,5,7H,1,4,6H2. The molecule has 1 heterocycles. The normalized spacial score (nSPS) is 23.8. The highest BCUT2D eigenvalue weighted by Crippen LogP contribution is 2.28. The Bertz CT molecular complexity index is 256. The lowest BCUT2D eigenvalue weighted by Crippen LogP contribution is -2.17. The van der Waals surface area contributed by atoms with Crippen molar-refractivity contribution < 1.29 is 8.42 Å². The summed E-state index contributed by atoms with van der Waals surface area (Å²) < 4.78 is 22.3. The first-order valence-corrected chi connectivity index (χ1v) is 5.95. The van der Waals surface area contributed by atoms with Crippen molar-refractivity contribution in [2.24, 2.45) is 0 Å². The molecule has 0 aliphatic carbocycles. The van der Waals surface area contributed by atoms with Gasteiger partial charge in [0.05, 0.1) is 5.75 Å². The lowest BCUT2D eigenvalue weighted by molar-refractivity contribution is 0.596. The van der Waals surface area contributed by atoms with Gasteiger partial charge in [0, 0.05) is 0 Å². The summed E-state index contributed by atoms with van der Waals surface area (Å²) in [6, 6.07) is 0. The first-order chi connectivity index (χ1) is 5.17. The zero-order valence-corrected chi connectivity index (χ0v) is 7.70. The molecule has 0 spiro atoms. The lowest BCUT2D eigenvalue weighted by atomic mass is 10.5. The average molecular weight is 190 g/mol. The molecule has 0 N–H and O–H groups in total. The zero-order valence-electron chi connectivity index (χ0n) is 6.06. The second-order valence-electron chi connectivity index (χ2n) is 2.29. The number of sulfone groups is 1. The predicted octanol–water partition coefficient (Wildman–Crippen LogP) is 1.56. The largest absolute Gasteiger partial charge is 0.227 e. The van der Waals surface area contributed by atoms with Gasteiger partial charge in [-0.2, -0.15) is 0 Å². The minimum Gasteiger partial charge on any atom is -0.227 e. The van der Waals surface area contributed by atoms with Crippen LogP contribution in [0.3, 0.4) is 0 Å². The van der Waals surface area contributed by atoms with Gasteiger partial charge in [0.1, 0.15) is 4.58 Å². The van der Waals surface area contributed by atoms with E-state index in [9.17, 15) is 8.42 Å². The molecular weight excluding hydrogens is 180 g/mol. The molecule has 0 aromatic rings. The summed E-state index contributed by atoms with van der Waals surface area (Å²) in [6.07, 6.45) is 3.96. The van der Waals surface area contributed by atoms with Crippen LogP contribution in [0.25, 0.3) is 0 Å². The first kappa shape index (κ1) is 8.87. The van der Waals surface area contributed by atoms with Crippen LogP contribution in [0.4, 0.5) is 0 Å². The molecule has 0 saturated carbocycles. The maximum absolute atomic E-state index is 11.3. The van der Waals surface area contributed by atoms with E-state index in [0.717, 1.165) is 0 Å². The second-order valence-corrected chi connectivity index (χ2v) is 5.93. The van der Waals surface area contributed by atoms with E-state index in [1.807, 2.05) is 11.5 Å². The molecule has 0 amide bonds. The van der Waals surface area contributed by atoms with Crippen LogP contribution in [0.5, 0.6) is 0 Å². The van der Waals surface area contributed by atoms with Crippen LogP contribution in [0.1, 0.15) is 6.42 Å². The molecular formula is C7H10O2S2. The van der Waals surface area contributed by atoms with E-state index in [1.54, 1.807) is 0 Å². The quantitative estimate of drug-likeness (QED) is 0.633. The van der Waals surface area contributed by atoms with Crippen LogP contribution < -0.4 is 0 Å².